The number of carbonyl (C=O) groups excluding carboxylic acids is 1. The van der Waals surface area contributed by atoms with Crippen LogP contribution in [0.15, 0.2) is 54.6 Å². The SMILES string of the molecule is CCN[C@H](C)CNC(=O)c1ccc(COc2ccccc2)cc1.Cl. The van der Waals surface area contributed by atoms with E-state index in [1.54, 1.807) is 0 Å². The number of benzene rings is 2. The number of carbonyl (C=O) groups is 1. The second kappa shape index (κ2) is 10.7. The first-order valence-electron chi connectivity index (χ1n) is 7.97. The fraction of sp³-hybridized carbons (Fsp3) is 0.316. The van der Waals surface area contributed by atoms with E-state index in [0.29, 0.717) is 18.7 Å². The topological polar surface area (TPSA) is 50.4 Å². The van der Waals surface area contributed by atoms with Crippen LogP contribution < -0.4 is 15.4 Å². The fourth-order valence-corrected chi connectivity index (χ4v) is 2.20. The van der Waals surface area contributed by atoms with E-state index < -0.39 is 0 Å². The lowest BCUT2D eigenvalue weighted by molar-refractivity contribution is 0.0950. The van der Waals surface area contributed by atoms with E-state index in [1.165, 1.54) is 0 Å². The van der Waals surface area contributed by atoms with Gasteiger partial charge in [0.15, 0.2) is 0 Å². The fourth-order valence-electron chi connectivity index (χ4n) is 2.20. The molecule has 0 aliphatic carbocycles. The van der Waals surface area contributed by atoms with Gasteiger partial charge in [-0.3, -0.25) is 4.79 Å². The summed E-state index contributed by atoms with van der Waals surface area (Å²) in [6, 6.07) is 17.5. The smallest absolute Gasteiger partial charge is 0.251 e. The van der Waals surface area contributed by atoms with Crippen LogP contribution in [0.2, 0.25) is 0 Å². The van der Waals surface area contributed by atoms with E-state index in [0.717, 1.165) is 17.9 Å². The first kappa shape index (κ1) is 20.0. The van der Waals surface area contributed by atoms with Crippen molar-refractivity contribution in [3.05, 3.63) is 65.7 Å². The van der Waals surface area contributed by atoms with E-state index in [1.807, 2.05) is 61.5 Å². The molecule has 2 aromatic rings. The molecule has 130 valence electrons. The van der Waals surface area contributed by atoms with Crippen molar-refractivity contribution in [1.82, 2.24) is 10.6 Å². The molecule has 1 amide bonds. The number of amides is 1. The van der Waals surface area contributed by atoms with Gasteiger partial charge in [0.2, 0.25) is 0 Å². The largest absolute Gasteiger partial charge is 0.489 e. The van der Waals surface area contributed by atoms with Crippen molar-refractivity contribution < 1.29 is 9.53 Å². The van der Waals surface area contributed by atoms with E-state index in [9.17, 15) is 4.79 Å². The minimum Gasteiger partial charge on any atom is -0.489 e. The molecule has 0 aromatic heterocycles. The number of para-hydroxylation sites is 1. The second-order valence-corrected chi connectivity index (χ2v) is 5.47. The van der Waals surface area contributed by atoms with Crippen LogP contribution in [0.3, 0.4) is 0 Å². The predicted octanol–water partition coefficient (Wildman–Crippen LogP) is 3.42. The summed E-state index contributed by atoms with van der Waals surface area (Å²) in [5, 5.41) is 6.19. The van der Waals surface area contributed by atoms with E-state index >= 15 is 0 Å². The summed E-state index contributed by atoms with van der Waals surface area (Å²) < 4.78 is 5.69. The van der Waals surface area contributed by atoms with Gasteiger partial charge >= 0.3 is 0 Å². The molecule has 0 saturated heterocycles. The molecule has 2 aromatic carbocycles. The third kappa shape index (κ3) is 6.60. The van der Waals surface area contributed by atoms with Crippen molar-refractivity contribution in [2.75, 3.05) is 13.1 Å². The number of likely N-dealkylation sites (N-methyl/N-ethyl adjacent to an activating group) is 1. The Morgan fingerprint density at radius 3 is 2.38 bits per heavy atom. The molecular weight excluding hydrogens is 324 g/mol. The average molecular weight is 349 g/mol. The van der Waals surface area contributed by atoms with Gasteiger partial charge in [-0.2, -0.15) is 0 Å². The monoisotopic (exact) mass is 348 g/mol. The number of ether oxygens (including phenoxy) is 1. The predicted molar refractivity (Wildman–Crippen MR) is 99.9 cm³/mol. The molecule has 24 heavy (non-hydrogen) atoms. The molecule has 0 bridgehead atoms. The van der Waals surface area contributed by atoms with Crippen LogP contribution >= 0.6 is 12.4 Å². The van der Waals surface area contributed by atoms with Crippen molar-refractivity contribution in [1.29, 1.82) is 0 Å². The van der Waals surface area contributed by atoms with Crippen molar-refractivity contribution in [2.24, 2.45) is 0 Å². The molecule has 5 heteroatoms. The highest BCUT2D eigenvalue weighted by molar-refractivity contribution is 5.94. The van der Waals surface area contributed by atoms with Crippen LogP contribution in [0.25, 0.3) is 0 Å². The molecule has 2 rings (SSSR count). The quantitative estimate of drug-likeness (QED) is 0.768. The van der Waals surface area contributed by atoms with Crippen LogP contribution in [0.4, 0.5) is 0 Å². The zero-order valence-electron chi connectivity index (χ0n) is 14.1. The third-order valence-electron chi connectivity index (χ3n) is 3.49. The highest BCUT2D eigenvalue weighted by Crippen LogP contribution is 2.12. The zero-order valence-corrected chi connectivity index (χ0v) is 14.9. The number of nitrogens with one attached hydrogen (secondary N) is 2. The number of rotatable bonds is 8. The molecule has 0 aliphatic heterocycles. The number of hydrogen-bond acceptors (Lipinski definition) is 3. The molecule has 4 nitrogen and oxygen atoms in total. The van der Waals surface area contributed by atoms with Gasteiger partial charge in [-0.25, -0.2) is 0 Å². The van der Waals surface area contributed by atoms with Crippen LogP contribution in [-0.4, -0.2) is 25.0 Å². The highest BCUT2D eigenvalue weighted by Gasteiger charge is 2.07. The first-order chi connectivity index (χ1) is 11.2. The number of halogens is 1. The van der Waals surface area contributed by atoms with Gasteiger partial charge in [0.1, 0.15) is 12.4 Å². The van der Waals surface area contributed by atoms with Crippen LogP contribution in [0.5, 0.6) is 5.75 Å². The lowest BCUT2D eigenvalue weighted by Crippen LogP contribution is -2.38. The van der Waals surface area contributed by atoms with Gasteiger partial charge in [0.05, 0.1) is 0 Å². The molecule has 0 saturated carbocycles. The van der Waals surface area contributed by atoms with Gasteiger partial charge < -0.3 is 15.4 Å². The molecule has 1 atom stereocenters. The van der Waals surface area contributed by atoms with E-state index in [4.69, 9.17) is 4.74 Å². The molecule has 0 aliphatic rings. The van der Waals surface area contributed by atoms with Crippen molar-refractivity contribution in [2.45, 2.75) is 26.5 Å². The van der Waals surface area contributed by atoms with E-state index in [-0.39, 0.29) is 24.4 Å². The molecular formula is C19H25ClN2O2. The lowest BCUT2D eigenvalue weighted by atomic mass is 10.1. The first-order valence-corrected chi connectivity index (χ1v) is 7.97. The Balaban J connectivity index is 0.00000288. The summed E-state index contributed by atoms with van der Waals surface area (Å²) in [5.41, 5.74) is 1.70. The third-order valence-corrected chi connectivity index (χ3v) is 3.49. The summed E-state index contributed by atoms with van der Waals surface area (Å²) in [5.74, 6) is 0.789. The maximum atomic E-state index is 12.1. The van der Waals surface area contributed by atoms with Crippen LogP contribution in [-0.2, 0) is 6.61 Å². The van der Waals surface area contributed by atoms with Crippen molar-refractivity contribution >= 4 is 18.3 Å². The lowest BCUT2D eigenvalue weighted by Gasteiger charge is -2.13. The van der Waals surface area contributed by atoms with Crippen molar-refractivity contribution in [3.8, 4) is 5.75 Å². The average Bonchev–Trinajstić information content (AvgIpc) is 2.59. The highest BCUT2D eigenvalue weighted by atomic mass is 35.5. The Morgan fingerprint density at radius 2 is 1.75 bits per heavy atom. The maximum Gasteiger partial charge on any atom is 0.251 e. The Labute approximate surface area is 150 Å². The van der Waals surface area contributed by atoms with Gasteiger partial charge in [-0.1, -0.05) is 37.3 Å². The summed E-state index contributed by atoms with van der Waals surface area (Å²) in [7, 11) is 0. The molecule has 2 N–H and O–H groups in total. The summed E-state index contributed by atoms with van der Waals surface area (Å²) in [6.45, 7) is 6.10. The molecule has 0 heterocycles. The standard InChI is InChI=1S/C19H24N2O2.ClH/c1-3-20-15(2)13-21-19(22)17-11-9-16(10-12-17)14-23-18-7-5-4-6-8-18;/h4-12,15,20H,3,13-14H2,1-2H3,(H,21,22);1H/t15-;/m1./s1. The van der Waals surface area contributed by atoms with Crippen LogP contribution in [0.1, 0.15) is 29.8 Å². The van der Waals surface area contributed by atoms with Crippen LogP contribution in [0, 0.1) is 0 Å². The minimum atomic E-state index is -0.0507. The zero-order chi connectivity index (χ0) is 16.5. The van der Waals surface area contributed by atoms with Gasteiger partial charge in [0, 0.05) is 18.2 Å². The Bertz CT molecular complexity index is 603. The Kier molecular flexibility index (Phi) is 8.90. The van der Waals surface area contributed by atoms with E-state index in [2.05, 4.69) is 17.6 Å². The molecule has 0 radical (unpaired) electrons. The Hall–Kier alpha value is -2.04. The summed E-state index contributed by atoms with van der Waals surface area (Å²) in [4.78, 5) is 12.1. The van der Waals surface area contributed by atoms with Crippen molar-refractivity contribution in [3.63, 3.8) is 0 Å². The minimum absolute atomic E-state index is 0. The van der Waals surface area contributed by atoms with Gasteiger partial charge in [-0.15, -0.1) is 12.4 Å². The molecule has 0 spiro atoms. The normalized spacial score (nSPS) is 11.2. The molecule has 0 fully saturated rings. The molecule has 0 unspecified atom stereocenters. The second-order valence-electron chi connectivity index (χ2n) is 5.47. The van der Waals surface area contributed by atoms with Gasteiger partial charge in [-0.05, 0) is 43.3 Å². The van der Waals surface area contributed by atoms with Gasteiger partial charge in [0.25, 0.3) is 5.91 Å². The number of hydrogen-bond donors (Lipinski definition) is 2. The summed E-state index contributed by atoms with van der Waals surface area (Å²) in [6.07, 6.45) is 0. The summed E-state index contributed by atoms with van der Waals surface area (Å²) >= 11 is 0. The Morgan fingerprint density at radius 1 is 1.08 bits per heavy atom. The maximum absolute atomic E-state index is 12.1.